The monoisotopic (exact) mass is 699 g/mol. The zero-order valence-electron chi connectivity index (χ0n) is 27.9. The second-order valence-electron chi connectivity index (χ2n) is 10.9. The summed E-state index contributed by atoms with van der Waals surface area (Å²) in [5.41, 5.74) is 1.49. The number of rotatable bonds is 22. The topological polar surface area (TPSA) is 186 Å². The first-order chi connectivity index (χ1) is 23.7. The number of hydrogen-bond donors (Lipinski definition) is 4. The molecular formula is C34H44N4O10P+. The van der Waals surface area contributed by atoms with Crippen LogP contribution >= 0.6 is 8.25 Å². The molecule has 3 aromatic rings. The molecule has 1 aromatic heterocycles. The Labute approximate surface area is 286 Å². The van der Waals surface area contributed by atoms with E-state index in [0.29, 0.717) is 37.2 Å². The van der Waals surface area contributed by atoms with Crippen LogP contribution < -0.4 is 20.7 Å². The third-order valence-corrected chi connectivity index (χ3v) is 7.86. The average molecular weight is 700 g/mol. The molecule has 1 heterocycles. The van der Waals surface area contributed by atoms with Crippen molar-refractivity contribution in [3.63, 3.8) is 0 Å². The summed E-state index contributed by atoms with van der Waals surface area (Å²) in [6.45, 7) is 5.56. The zero-order valence-corrected chi connectivity index (χ0v) is 28.8. The summed E-state index contributed by atoms with van der Waals surface area (Å²) in [4.78, 5) is 65.7. The molecule has 4 N–H and O–H groups in total. The second-order valence-corrected chi connectivity index (χ2v) is 11.6. The van der Waals surface area contributed by atoms with Crippen LogP contribution in [0, 0.1) is 5.92 Å². The molecule has 2 aromatic carbocycles. The maximum Gasteiger partial charge on any atom is 0.696 e. The first-order valence-electron chi connectivity index (χ1n) is 16.1. The molecule has 0 saturated heterocycles. The Morgan fingerprint density at radius 2 is 1.76 bits per heavy atom. The van der Waals surface area contributed by atoms with Gasteiger partial charge in [-0.05, 0) is 55.7 Å². The third-order valence-electron chi connectivity index (χ3n) is 7.51. The van der Waals surface area contributed by atoms with Crippen LogP contribution in [0.2, 0.25) is 0 Å². The molecule has 264 valence electrons. The van der Waals surface area contributed by atoms with Crippen molar-refractivity contribution in [3.8, 4) is 17.1 Å². The fourth-order valence-electron chi connectivity index (χ4n) is 5.10. The Morgan fingerprint density at radius 1 is 0.980 bits per heavy atom. The largest absolute Gasteiger partial charge is 0.696 e. The molecule has 0 fully saturated rings. The van der Waals surface area contributed by atoms with Gasteiger partial charge in [-0.3, -0.25) is 24.0 Å². The van der Waals surface area contributed by atoms with Crippen molar-refractivity contribution in [3.05, 3.63) is 77.6 Å². The van der Waals surface area contributed by atoms with Crippen LogP contribution in [0.5, 0.6) is 5.75 Å². The van der Waals surface area contributed by atoms with E-state index in [-0.39, 0.29) is 36.3 Å². The Kier molecular flexibility index (Phi) is 16.4. The lowest BCUT2D eigenvalue weighted by atomic mass is 9.90. The Morgan fingerprint density at radius 3 is 2.43 bits per heavy atom. The molecule has 1 unspecified atom stereocenters. The van der Waals surface area contributed by atoms with Crippen molar-refractivity contribution in [1.82, 2.24) is 21.0 Å². The predicted molar refractivity (Wildman–Crippen MR) is 180 cm³/mol. The van der Waals surface area contributed by atoms with Gasteiger partial charge in [0.2, 0.25) is 12.3 Å². The van der Waals surface area contributed by atoms with Crippen LogP contribution in [0.25, 0.3) is 11.3 Å². The van der Waals surface area contributed by atoms with Gasteiger partial charge in [0.25, 0.3) is 11.8 Å². The van der Waals surface area contributed by atoms with Gasteiger partial charge < -0.3 is 25.1 Å². The highest BCUT2D eigenvalue weighted by Gasteiger charge is 2.32. The standard InChI is InChI=1S/C34H43N4O10P/c1-4-7-9-14-28(29(5-2)38(23-39)46-20-24-12-10-8-11-13-24)33(41)35-21-36-34(42)31-16-15-30(48-31)25-17-26(19-27(18-25)45-6-3)32(40)37-22-47-49(43)44/h8,10-13,15-19,23,28-29H,4-7,9,14,20-22H2,1-3H3,(H3-,35,36,37,40,41,42,43,44)/p+1/t28-,29-/m1/s1. The van der Waals surface area contributed by atoms with Crippen molar-refractivity contribution in [2.24, 2.45) is 5.92 Å². The summed E-state index contributed by atoms with van der Waals surface area (Å²) >= 11 is 0. The highest BCUT2D eigenvalue weighted by Crippen LogP contribution is 2.28. The molecule has 3 atom stereocenters. The molecule has 0 aliphatic heterocycles. The van der Waals surface area contributed by atoms with Crippen molar-refractivity contribution in [2.45, 2.75) is 65.5 Å². The summed E-state index contributed by atoms with van der Waals surface area (Å²) in [7, 11) is -2.87. The molecule has 0 radical (unpaired) electrons. The van der Waals surface area contributed by atoms with Crippen molar-refractivity contribution in [1.29, 1.82) is 0 Å². The van der Waals surface area contributed by atoms with E-state index in [4.69, 9.17) is 18.9 Å². The second kappa shape index (κ2) is 20.7. The fourth-order valence-corrected chi connectivity index (χ4v) is 5.28. The normalized spacial score (nSPS) is 12.4. The number of furan rings is 1. The van der Waals surface area contributed by atoms with Crippen LogP contribution in [0.4, 0.5) is 0 Å². The fraction of sp³-hybridized carbons (Fsp3) is 0.412. The SMILES string of the molecule is CCCCC[C@@H](C(=O)NCNC(=O)c1ccc(-c2cc(OCC)cc(C(=O)NCO[P+](=O)O)c2)o1)[C@@H](CC)N(C=O)OCc1ccccc1. The summed E-state index contributed by atoms with van der Waals surface area (Å²) < 4.78 is 26.6. The van der Waals surface area contributed by atoms with Gasteiger partial charge in [-0.1, -0.05) is 68.0 Å². The minimum Gasteiger partial charge on any atom is -0.494 e. The summed E-state index contributed by atoms with van der Waals surface area (Å²) in [6.07, 6.45) is 4.27. The number of hydroxylamine groups is 2. The molecule has 0 spiro atoms. The molecule has 0 bridgehead atoms. The van der Waals surface area contributed by atoms with Crippen LogP contribution in [-0.2, 0) is 30.1 Å². The van der Waals surface area contributed by atoms with Gasteiger partial charge in [-0.25, -0.2) is 5.06 Å². The average Bonchev–Trinajstić information content (AvgIpc) is 3.60. The van der Waals surface area contributed by atoms with E-state index >= 15 is 0 Å². The number of ether oxygens (including phenoxy) is 1. The Balaban J connectivity index is 1.66. The third kappa shape index (κ3) is 12.4. The van der Waals surface area contributed by atoms with Gasteiger partial charge in [0.05, 0.1) is 25.2 Å². The predicted octanol–water partition coefficient (Wildman–Crippen LogP) is 5.07. The van der Waals surface area contributed by atoms with E-state index in [1.54, 1.807) is 19.1 Å². The molecule has 49 heavy (non-hydrogen) atoms. The van der Waals surface area contributed by atoms with Crippen molar-refractivity contribution >= 4 is 32.4 Å². The van der Waals surface area contributed by atoms with Crippen LogP contribution in [0.15, 0.2) is 65.1 Å². The summed E-state index contributed by atoms with van der Waals surface area (Å²) in [5, 5.41) is 8.98. The smallest absolute Gasteiger partial charge is 0.494 e. The quantitative estimate of drug-likeness (QED) is 0.0363. The number of carbonyl (C=O) groups excluding carboxylic acids is 4. The van der Waals surface area contributed by atoms with E-state index in [9.17, 15) is 23.7 Å². The van der Waals surface area contributed by atoms with E-state index in [0.717, 1.165) is 24.8 Å². The number of nitrogens with zero attached hydrogens (tertiary/aromatic N) is 1. The van der Waals surface area contributed by atoms with Gasteiger partial charge in [0, 0.05) is 15.7 Å². The summed E-state index contributed by atoms with van der Waals surface area (Å²) in [6, 6.07) is 16.5. The highest BCUT2D eigenvalue weighted by molar-refractivity contribution is 7.32. The molecule has 0 saturated carbocycles. The highest BCUT2D eigenvalue weighted by atomic mass is 31.1. The van der Waals surface area contributed by atoms with Gasteiger partial charge in [-0.2, -0.15) is 0 Å². The number of hydrogen-bond acceptors (Lipinski definition) is 9. The zero-order chi connectivity index (χ0) is 35.6. The summed E-state index contributed by atoms with van der Waals surface area (Å²) in [5.74, 6) is -1.48. The number of amides is 4. The van der Waals surface area contributed by atoms with Crippen LogP contribution in [-0.4, -0.2) is 60.1 Å². The molecule has 14 nitrogen and oxygen atoms in total. The molecular weight excluding hydrogens is 655 g/mol. The lowest BCUT2D eigenvalue weighted by molar-refractivity contribution is -0.200. The van der Waals surface area contributed by atoms with E-state index < -0.39 is 38.8 Å². The lowest BCUT2D eigenvalue weighted by Crippen LogP contribution is -2.48. The van der Waals surface area contributed by atoms with Gasteiger partial charge in [0.15, 0.2) is 12.5 Å². The Hall–Kier alpha value is -4.62. The van der Waals surface area contributed by atoms with Crippen LogP contribution in [0.3, 0.4) is 0 Å². The van der Waals surface area contributed by atoms with Gasteiger partial charge >= 0.3 is 8.25 Å². The van der Waals surface area contributed by atoms with Gasteiger partial charge in [0.1, 0.15) is 18.1 Å². The molecule has 0 aliphatic rings. The van der Waals surface area contributed by atoms with Crippen molar-refractivity contribution in [2.75, 3.05) is 20.0 Å². The molecule has 3 rings (SSSR count). The van der Waals surface area contributed by atoms with Gasteiger partial charge in [-0.15, -0.1) is 4.89 Å². The van der Waals surface area contributed by atoms with E-state index in [1.165, 1.54) is 23.3 Å². The maximum atomic E-state index is 13.4. The number of carbonyl (C=O) groups is 4. The molecule has 4 amide bonds. The van der Waals surface area contributed by atoms with E-state index in [2.05, 4.69) is 27.4 Å². The number of nitrogens with one attached hydrogen (secondary N) is 3. The van der Waals surface area contributed by atoms with E-state index in [1.807, 2.05) is 37.3 Å². The van der Waals surface area contributed by atoms with Crippen molar-refractivity contribution < 1.29 is 47.2 Å². The van der Waals surface area contributed by atoms with Crippen LogP contribution in [0.1, 0.15) is 79.4 Å². The minimum atomic E-state index is -2.87. The first kappa shape index (κ1) is 38.8. The molecule has 0 aliphatic carbocycles. The molecule has 15 heteroatoms. The minimum absolute atomic E-state index is 0.0374. The maximum absolute atomic E-state index is 13.4. The number of benzene rings is 2. The lowest BCUT2D eigenvalue weighted by Gasteiger charge is -2.32. The number of unbranched alkanes of at least 4 members (excludes halogenated alkanes) is 2. The first-order valence-corrected chi connectivity index (χ1v) is 17.2. The Bertz CT molecular complexity index is 1530.